The number of nitrogens with one attached hydrogen (secondary N) is 1. The molecule has 0 aliphatic carbocycles. The summed E-state index contributed by atoms with van der Waals surface area (Å²) in [5.74, 6) is 0.891. The molecule has 0 amide bonds. The van der Waals surface area contributed by atoms with Gasteiger partial charge in [-0.2, -0.15) is 0 Å². The van der Waals surface area contributed by atoms with Crippen molar-refractivity contribution in [2.24, 2.45) is 0 Å². The minimum absolute atomic E-state index is 0.654. The molecule has 0 bridgehead atoms. The van der Waals surface area contributed by atoms with Crippen LogP contribution in [0.15, 0.2) is 47.2 Å². The van der Waals surface area contributed by atoms with Gasteiger partial charge in [0.25, 0.3) is 0 Å². The van der Waals surface area contributed by atoms with Gasteiger partial charge in [0.05, 0.1) is 0 Å². The molecule has 2 rings (SSSR count). The van der Waals surface area contributed by atoms with Gasteiger partial charge >= 0.3 is 0 Å². The molecule has 0 aliphatic rings. The first-order chi connectivity index (χ1) is 9.25. The fourth-order valence-electron chi connectivity index (χ4n) is 1.68. The Bertz CT molecular complexity index is 514. The second kappa shape index (κ2) is 7.26. The Labute approximate surface area is 122 Å². The third kappa shape index (κ3) is 4.65. The molecule has 100 valence electrons. The lowest BCUT2D eigenvalue weighted by Gasteiger charge is -2.09. The molecule has 0 atom stereocenters. The molecule has 3 nitrogen and oxygen atoms in total. The molecule has 0 unspecified atom stereocenters. The number of pyridine rings is 1. The predicted octanol–water partition coefficient (Wildman–Crippen LogP) is 3.32. The van der Waals surface area contributed by atoms with E-state index in [4.69, 9.17) is 4.74 Å². The number of aromatic nitrogens is 1. The van der Waals surface area contributed by atoms with Gasteiger partial charge in [0.2, 0.25) is 0 Å². The summed E-state index contributed by atoms with van der Waals surface area (Å²) in [5, 5.41) is 3.35. The van der Waals surface area contributed by atoms with E-state index >= 15 is 0 Å². The van der Waals surface area contributed by atoms with Gasteiger partial charge in [-0.1, -0.05) is 15.9 Å². The lowest BCUT2D eigenvalue weighted by molar-refractivity contribution is 0.313. The standard InChI is InChI=1S/C15H17BrN2O/c1-12-6-7-17-10-13(12)11-18-8-9-19-15-4-2-14(16)3-5-15/h2-7,10,18H,8-9,11H2,1H3. The summed E-state index contributed by atoms with van der Waals surface area (Å²) in [6.45, 7) is 4.38. The van der Waals surface area contributed by atoms with Crippen LogP contribution in [0.3, 0.4) is 0 Å². The highest BCUT2D eigenvalue weighted by Gasteiger charge is 1.97. The van der Waals surface area contributed by atoms with Crippen molar-refractivity contribution in [3.05, 3.63) is 58.3 Å². The first-order valence-corrected chi connectivity index (χ1v) is 7.03. The Kier molecular flexibility index (Phi) is 5.36. The summed E-state index contributed by atoms with van der Waals surface area (Å²) in [7, 11) is 0. The van der Waals surface area contributed by atoms with Crippen LogP contribution in [0.1, 0.15) is 11.1 Å². The zero-order chi connectivity index (χ0) is 13.5. The van der Waals surface area contributed by atoms with Crippen LogP contribution < -0.4 is 10.1 Å². The van der Waals surface area contributed by atoms with Crippen LogP contribution in [0.4, 0.5) is 0 Å². The fourth-order valence-corrected chi connectivity index (χ4v) is 1.94. The van der Waals surface area contributed by atoms with E-state index in [-0.39, 0.29) is 0 Å². The second-order valence-corrected chi connectivity index (χ2v) is 5.20. The molecule has 0 aliphatic heterocycles. The SMILES string of the molecule is Cc1ccncc1CNCCOc1ccc(Br)cc1. The lowest BCUT2D eigenvalue weighted by Crippen LogP contribution is -2.21. The maximum absolute atomic E-state index is 5.63. The molecular weight excluding hydrogens is 304 g/mol. The van der Waals surface area contributed by atoms with Crippen molar-refractivity contribution in [1.82, 2.24) is 10.3 Å². The number of benzene rings is 1. The average molecular weight is 321 g/mol. The molecule has 1 aromatic heterocycles. The van der Waals surface area contributed by atoms with Crippen LogP contribution in [-0.4, -0.2) is 18.1 Å². The molecule has 0 saturated heterocycles. The molecule has 2 aromatic rings. The lowest BCUT2D eigenvalue weighted by atomic mass is 10.2. The highest BCUT2D eigenvalue weighted by molar-refractivity contribution is 9.10. The van der Waals surface area contributed by atoms with E-state index in [9.17, 15) is 0 Å². The maximum Gasteiger partial charge on any atom is 0.119 e. The van der Waals surface area contributed by atoms with Crippen molar-refractivity contribution < 1.29 is 4.74 Å². The average Bonchev–Trinajstić information content (AvgIpc) is 2.42. The first-order valence-electron chi connectivity index (χ1n) is 6.24. The van der Waals surface area contributed by atoms with Crippen LogP contribution in [0, 0.1) is 6.92 Å². The van der Waals surface area contributed by atoms with E-state index in [2.05, 4.69) is 33.2 Å². The van der Waals surface area contributed by atoms with Gasteiger partial charge in [0, 0.05) is 30.0 Å². The number of nitrogens with zero attached hydrogens (tertiary/aromatic N) is 1. The largest absolute Gasteiger partial charge is 0.492 e. The number of hydrogen-bond acceptors (Lipinski definition) is 3. The summed E-state index contributed by atoms with van der Waals surface area (Å²) in [6, 6.07) is 9.88. The number of ether oxygens (including phenoxy) is 1. The summed E-state index contributed by atoms with van der Waals surface area (Å²) in [6.07, 6.45) is 3.72. The molecule has 1 heterocycles. The normalized spacial score (nSPS) is 10.4. The quantitative estimate of drug-likeness (QED) is 0.829. The third-order valence-electron chi connectivity index (χ3n) is 2.82. The number of hydrogen-bond donors (Lipinski definition) is 1. The Morgan fingerprint density at radius 1 is 1.21 bits per heavy atom. The molecular formula is C15H17BrN2O. The Balaban J connectivity index is 1.67. The van der Waals surface area contributed by atoms with E-state index in [1.807, 2.05) is 42.7 Å². The zero-order valence-electron chi connectivity index (χ0n) is 10.9. The van der Waals surface area contributed by atoms with E-state index in [1.165, 1.54) is 11.1 Å². The van der Waals surface area contributed by atoms with Crippen molar-refractivity contribution >= 4 is 15.9 Å². The zero-order valence-corrected chi connectivity index (χ0v) is 12.5. The maximum atomic E-state index is 5.63. The molecule has 0 spiro atoms. The molecule has 0 saturated carbocycles. The van der Waals surface area contributed by atoms with Gasteiger partial charge in [-0.3, -0.25) is 4.98 Å². The predicted molar refractivity (Wildman–Crippen MR) is 80.3 cm³/mol. The highest BCUT2D eigenvalue weighted by Crippen LogP contribution is 2.15. The van der Waals surface area contributed by atoms with E-state index in [0.717, 1.165) is 23.3 Å². The second-order valence-electron chi connectivity index (χ2n) is 4.28. The summed E-state index contributed by atoms with van der Waals surface area (Å²) < 4.78 is 6.69. The monoisotopic (exact) mass is 320 g/mol. The van der Waals surface area contributed by atoms with Crippen molar-refractivity contribution in [3.63, 3.8) is 0 Å². The van der Waals surface area contributed by atoms with E-state index in [0.29, 0.717) is 6.61 Å². The fraction of sp³-hybridized carbons (Fsp3) is 0.267. The third-order valence-corrected chi connectivity index (χ3v) is 3.35. The van der Waals surface area contributed by atoms with Crippen LogP contribution in [0.25, 0.3) is 0 Å². The van der Waals surface area contributed by atoms with E-state index in [1.54, 1.807) is 0 Å². The van der Waals surface area contributed by atoms with Gasteiger partial charge in [-0.05, 0) is 48.4 Å². The smallest absolute Gasteiger partial charge is 0.119 e. The minimum Gasteiger partial charge on any atom is -0.492 e. The van der Waals surface area contributed by atoms with Gasteiger partial charge in [-0.25, -0.2) is 0 Å². The first kappa shape index (κ1) is 14.0. The number of rotatable bonds is 6. The Morgan fingerprint density at radius 2 is 2.00 bits per heavy atom. The topological polar surface area (TPSA) is 34.2 Å². The van der Waals surface area contributed by atoms with Gasteiger partial charge in [0.15, 0.2) is 0 Å². The summed E-state index contributed by atoms with van der Waals surface area (Å²) in [4.78, 5) is 4.12. The highest BCUT2D eigenvalue weighted by atomic mass is 79.9. The van der Waals surface area contributed by atoms with Crippen molar-refractivity contribution in [1.29, 1.82) is 0 Å². The Hall–Kier alpha value is -1.39. The molecule has 4 heteroatoms. The van der Waals surface area contributed by atoms with Crippen LogP contribution in [0.2, 0.25) is 0 Å². The van der Waals surface area contributed by atoms with Crippen molar-refractivity contribution in [3.8, 4) is 5.75 Å². The summed E-state index contributed by atoms with van der Waals surface area (Å²) in [5.41, 5.74) is 2.49. The van der Waals surface area contributed by atoms with Gasteiger partial charge in [0.1, 0.15) is 12.4 Å². The van der Waals surface area contributed by atoms with Gasteiger partial charge < -0.3 is 10.1 Å². The molecule has 0 radical (unpaired) electrons. The van der Waals surface area contributed by atoms with Crippen LogP contribution >= 0.6 is 15.9 Å². The Morgan fingerprint density at radius 3 is 2.74 bits per heavy atom. The number of aryl methyl sites for hydroxylation is 1. The van der Waals surface area contributed by atoms with Crippen LogP contribution in [0.5, 0.6) is 5.75 Å². The van der Waals surface area contributed by atoms with Crippen molar-refractivity contribution in [2.75, 3.05) is 13.2 Å². The molecule has 19 heavy (non-hydrogen) atoms. The summed E-state index contributed by atoms with van der Waals surface area (Å²) >= 11 is 3.40. The molecule has 1 aromatic carbocycles. The number of halogens is 1. The van der Waals surface area contributed by atoms with Crippen molar-refractivity contribution in [2.45, 2.75) is 13.5 Å². The van der Waals surface area contributed by atoms with E-state index < -0.39 is 0 Å². The van der Waals surface area contributed by atoms with Gasteiger partial charge in [-0.15, -0.1) is 0 Å². The molecule has 1 N–H and O–H groups in total. The minimum atomic E-state index is 0.654. The van der Waals surface area contributed by atoms with Crippen LogP contribution in [-0.2, 0) is 6.54 Å². The molecule has 0 fully saturated rings.